The monoisotopic (exact) mass is 249 g/mol. The largest absolute Gasteiger partial charge is 0.494 e. The molecule has 1 saturated heterocycles. The Balaban J connectivity index is 2.27. The summed E-state index contributed by atoms with van der Waals surface area (Å²) in [6.45, 7) is 3.80. The van der Waals surface area contributed by atoms with E-state index in [0.717, 1.165) is 4.90 Å². The minimum Gasteiger partial charge on any atom is -0.494 e. The van der Waals surface area contributed by atoms with Gasteiger partial charge in [-0.3, -0.25) is 9.59 Å². The van der Waals surface area contributed by atoms with E-state index in [1.807, 2.05) is 13.8 Å². The predicted octanol–water partition coefficient (Wildman–Crippen LogP) is 1.16. The third-order valence-corrected chi connectivity index (χ3v) is 2.81. The molecule has 0 aromatic carbocycles. The van der Waals surface area contributed by atoms with Crippen LogP contribution in [0.1, 0.15) is 26.7 Å². The smallest absolute Gasteiger partial charge is 0.239 e. The van der Waals surface area contributed by atoms with Crippen LogP contribution >= 0.6 is 0 Å². The fourth-order valence-corrected chi connectivity index (χ4v) is 1.93. The first-order valence-corrected chi connectivity index (χ1v) is 5.65. The number of rotatable bonds is 2. The normalized spacial score (nSPS) is 18.9. The van der Waals surface area contributed by atoms with Crippen molar-refractivity contribution in [1.29, 1.82) is 0 Å². The number of hydrogen-bond donors (Lipinski definition) is 0. The van der Waals surface area contributed by atoms with E-state index >= 15 is 0 Å². The first-order valence-electron chi connectivity index (χ1n) is 5.65. The van der Waals surface area contributed by atoms with Crippen molar-refractivity contribution < 1.29 is 14.3 Å². The van der Waals surface area contributed by atoms with Gasteiger partial charge in [0.1, 0.15) is 0 Å². The van der Waals surface area contributed by atoms with Gasteiger partial charge in [-0.1, -0.05) is 13.8 Å². The van der Waals surface area contributed by atoms with Crippen LogP contribution in [0.3, 0.4) is 0 Å². The maximum absolute atomic E-state index is 12.0. The molecule has 0 aliphatic carbocycles. The summed E-state index contributed by atoms with van der Waals surface area (Å²) in [5.41, 5.74) is -0.295. The summed E-state index contributed by atoms with van der Waals surface area (Å²) < 4.78 is 4.93. The van der Waals surface area contributed by atoms with Crippen molar-refractivity contribution in [2.24, 2.45) is 5.41 Å². The summed E-state index contributed by atoms with van der Waals surface area (Å²) in [6, 6.07) is 0. The summed E-state index contributed by atoms with van der Waals surface area (Å²) in [5, 5.41) is 0. The van der Waals surface area contributed by atoms with E-state index in [0.29, 0.717) is 18.6 Å². The second-order valence-electron chi connectivity index (χ2n) is 5.06. The standard InChI is InChI=1S/C12H15N3O3/c1-12(2)4-9(16)15(10(17)5-12)11-13-6-8(18-3)7-14-11/h6-7H,4-5H2,1-3H3. The Morgan fingerprint density at radius 3 is 2.11 bits per heavy atom. The first-order chi connectivity index (χ1) is 8.43. The third-order valence-electron chi connectivity index (χ3n) is 2.81. The van der Waals surface area contributed by atoms with E-state index in [9.17, 15) is 9.59 Å². The van der Waals surface area contributed by atoms with Gasteiger partial charge in [0.25, 0.3) is 0 Å². The van der Waals surface area contributed by atoms with E-state index in [4.69, 9.17) is 4.74 Å². The summed E-state index contributed by atoms with van der Waals surface area (Å²) in [6.07, 6.45) is 3.49. The molecule has 18 heavy (non-hydrogen) atoms. The van der Waals surface area contributed by atoms with Crippen molar-refractivity contribution in [2.75, 3.05) is 12.0 Å². The zero-order valence-electron chi connectivity index (χ0n) is 10.6. The average molecular weight is 249 g/mol. The Kier molecular flexibility index (Phi) is 3.02. The van der Waals surface area contributed by atoms with Crippen LogP contribution in [-0.2, 0) is 9.59 Å². The molecule has 0 atom stereocenters. The van der Waals surface area contributed by atoms with Crippen LogP contribution in [0.25, 0.3) is 0 Å². The molecular formula is C12H15N3O3. The van der Waals surface area contributed by atoms with Crippen LogP contribution in [0.5, 0.6) is 5.75 Å². The van der Waals surface area contributed by atoms with E-state index in [1.165, 1.54) is 19.5 Å². The number of carbonyl (C=O) groups excluding carboxylic acids is 2. The van der Waals surface area contributed by atoms with E-state index in [-0.39, 0.29) is 23.2 Å². The Morgan fingerprint density at radius 1 is 1.17 bits per heavy atom. The molecule has 1 aromatic rings. The molecule has 2 rings (SSSR count). The molecule has 1 fully saturated rings. The summed E-state index contributed by atoms with van der Waals surface area (Å²) >= 11 is 0. The molecule has 96 valence electrons. The molecule has 1 aliphatic heterocycles. The zero-order chi connectivity index (χ0) is 13.3. The van der Waals surface area contributed by atoms with Gasteiger partial charge in [0.2, 0.25) is 17.8 Å². The maximum atomic E-state index is 12.0. The highest BCUT2D eigenvalue weighted by atomic mass is 16.5. The Labute approximate surface area is 105 Å². The number of anilines is 1. The fourth-order valence-electron chi connectivity index (χ4n) is 1.93. The molecule has 6 heteroatoms. The van der Waals surface area contributed by atoms with Crippen LogP contribution in [0.2, 0.25) is 0 Å². The van der Waals surface area contributed by atoms with Crippen molar-refractivity contribution >= 4 is 17.8 Å². The van der Waals surface area contributed by atoms with Crippen molar-refractivity contribution in [3.8, 4) is 5.75 Å². The lowest BCUT2D eigenvalue weighted by Crippen LogP contribution is -2.47. The highest BCUT2D eigenvalue weighted by molar-refractivity contribution is 6.15. The molecule has 2 amide bonds. The molecule has 0 bridgehead atoms. The van der Waals surface area contributed by atoms with Crippen LogP contribution in [0.15, 0.2) is 12.4 Å². The Hall–Kier alpha value is -1.98. The lowest BCUT2D eigenvalue weighted by Gasteiger charge is -2.33. The quantitative estimate of drug-likeness (QED) is 0.735. The van der Waals surface area contributed by atoms with Gasteiger partial charge in [-0.15, -0.1) is 0 Å². The molecule has 1 aliphatic rings. The predicted molar refractivity (Wildman–Crippen MR) is 64.1 cm³/mol. The summed E-state index contributed by atoms with van der Waals surface area (Å²) in [4.78, 5) is 32.9. The van der Waals surface area contributed by atoms with E-state index < -0.39 is 0 Å². The molecule has 0 N–H and O–H groups in total. The lowest BCUT2D eigenvalue weighted by molar-refractivity contribution is -0.132. The second kappa shape index (κ2) is 4.36. The van der Waals surface area contributed by atoms with Crippen LogP contribution in [0, 0.1) is 5.41 Å². The maximum Gasteiger partial charge on any atom is 0.239 e. The van der Waals surface area contributed by atoms with Crippen molar-refractivity contribution in [3.63, 3.8) is 0 Å². The summed E-state index contributed by atoms with van der Waals surface area (Å²) in [7, 11) is 1.50. The van der Waals surface area contributed by atoms with Crippen LogP contribution in [-0.4, -0.2) is 28.9 Å². The number of carbonyl (C=O) groups is 2. The molecule has 2 heterocycles. The van der Waals surface area contributed by atoms with Crippen LogP contribution in [0.4, 0.5) is 5.95 Å². The Morgan fingerprint density at radius 2 is 1.67 bits per heavy atom. The Bertz CT molecular complexity index is 462. The third kappa shape index (κ3) is 2.32. The number of imide groups is 1. The van der Waals surface area contributed by atoms with Gasteiger partial charge in [0, 0.05) is 12.8 Å². The van der Waals surface area contributed by atoms with Gasteiger partial charge in [-0.25, -0.2) is 14.9 Å². The van der Waals surface area contributed by atoms with Crippen molar-refractivity contribution in [2.45, 2.75) is 26.7 Å². The first kappa shape index (κ1) is 12.5. The molecule has 0 unspecified atom stereocenters. The SMILES string of the molecule is COc1cnc(N2C(=O)CC(C)(C)CC2=O)nc1. The van der Waals surface area contributed by atoms with Gasteiger partial charge in [0.15, 0.2) is 5.75 Å². The van der Waals surface area contributed by atoms with Gasteiger partial charge in [-0.05, 0) is 5.41 Å². The van der Waals surface area contributed by atoms with Crippen molar-refractivity contribution in [1.82, 2.24) is 9.97 Å². The average Bonchev–Trinajstić information content (AvgIpc) is 2.27. The minimum absolute atomic E-state index is 0.112. The number of ether oxygens (including phenoxy) is 1. The topological polar surface area (TPSA) is 72.4 Å². The van der Waals surface area contributed by atoms with Crippen LogP contribution < -0.4 is 9.64 Å². The molecule has 0 saturated carbocycles. The zero-order valence-corrected chi connectivity index (χ0v) is 10.6. The molecule has 6 nitrogen and oxygen atoms in total. The van der Waals surface area contributed by atoms with Gasteiger partial charge in [0.05, 0.1) is 19.5 Å². The highest BCUT2D eigenvalue weighted by Gasteiger charge is 2.39. The lowest BCUT2D eigenvalue weighted by atomic mass is 9.82. The van der Waals surface area contributed by atoms with Crippen molar-refractivity contribution in [3.05, 3.63) is 12.4 Å². The number of piperidine rings is 1. The fraction of sp³-hybridized carbons (Fsp3) is 0.500. The number of aromatic nitrogens is 2. The molecule has 0 spiro atoms. The van der Waals surface area contributed by atoms with E-state index in [1.54, 1.807) is 0 Å². The second-order valence-corrected chi connectivity index (χ2v) is 5.06. The highest BCUT2D eigenvalue weighted by Crippen LogP contribution is 2.32. The molecular weight excluding hydrogens is 234 g/mol. The number of nitrogens with zero attached hydrogens (tertiary/aromatic N) is 3. The van der Waals surface area contributed by atoms with Gasteiger partial charge < -0.3 is 4.74 Å². The van der Waals surface area contributed by atoms with Gasteiger partial charge >= 0.3 is 0 Å². The molecule has 0 radical (unpaired) electrons. The number of amides is 2. The summed E-state index contributed by atoms with van der Waals surface area (Å²) in [5.74, 6) is 0.0696. The minimum atomic E-state index is -0.295. The van der Waals surface area contributed by atoms with Gasteiger partial charge in [-0.2, -0.15) is 0 Å². The number of methoxy groups -OCH3 is 1. The van der Waals surface area contributed by atoms with E-state index in [2.05, 4.69) is 9.97 Å². The molecule has 1 aromatic heterocycles. The number of hydrogen-bond acceptors (Lipinski definition) is 5.